The summed E-state index contributed by atoms with van der Waals surface area (Å²) in [6.07, 6.45) is 1.10. The molecule has 1 aliphatic rings. The first-order valence-electron chi connectivity index (χ1n) is 7.56. The number of rotatable bonds is 4. The van der Waals surface area contributed by atoms with Crippen molar-refractivity contribution in [1.82, 2.24) is 4.90 Å². The Bertz CT molecular complexity index is 931. The van der Waals surface area contributed by atoms with Crippen LogP contribution in [-0.2, 0) is 16.4 Å². The van der Waals surface area contributed by atoms with Gasteiger partial charge in [-0.15, -0.1) is 0 Å². The maximum absolute atomic E-state index is 13.8. The van der Waals surface area contributed by atoms with Crippen LogP contribution in [0.25, 0.3) is 0 Å². The lowest BCUT2D eigenvalue weighted by molar-refractivity contribution is 0.218. The first-order valence-corrected chi connectivity index (χ1v) is 9.45. The number of anilines is 1. The molecule has 0 bridgehead atoms. The van der Waals surface area contributed by atoms with Gasteiger partial charge in [-0.1, -0.05) is 12.1 Å². The largest absolute Gasteiger partial charge is 0.324 e. The minimum absolute atomic E-state index is 0.0210. The van der Waals surface area contributed by atoms with Crippen molar-refractivity contribution in [1.29, 1.82) is 0 Å². The Balaban J connectivity index is 1.80. The van der Waals surface area contributed by atoms with Crippen LogP contribution in [0, 0.1) is 11.6 Å². The van der Waals surface area contributed by atoms with Crippen molar-refractivity contribution >= 4 is 21.6 Å². The molecule has 5 nitrogen and oxygen atoms in total. The van der Waals surface area contributed by atoms with Crippen molar-refractivity contribution in [2.45, 2.75) is 11.4 Å². The van der Waals surface area contributed by atoms with Crippen LogP contribution in [0.2, 0.25) is 0 Å². The summed E-state index contributed by atoms with van der Waals surface area (Å²) in [5.41, 5.74) is 0.691. The summed E-state index contributed by atoms with van der Waals surface area (Å²) in [5.74, 6) is -1.38. The molecule has 0 aromatic heterocycles. The number of sulfone groups is 1. The van der Waals surface area contributed by atoms with Gasteiger partial charge in [0.2, 0.25) is 0 Å². The van der Waals surface area contributed by atoms with E-state index in [1.54, 1.807) is 12.1 Å². The molecule has 25 heavy (non-hydrogen) atoms. The van der Waals surface area contributed by atoms with Crippen LogP contribution in [0.3, 0.4) is 0 Å². The summed E-state index contributed by atoms with van der Waals surface area (Å²) in [6.45, 7) is 0.737. The fourth-order valence-corrected chi connectivity index (χ4v) is 3.37. The molecule has 132 valence electrons. The summed E-state index contributed by atoms with van der Waals surface area (Å²) in [7, 11) is -3.38. The SMILES string of the molecule is CS(=O)(=O)c1cccc(N2CCN(Cc3ccc(F)cc3F)C2=O)c1. The van der Waals surface area contributed by atoms with Crippen LogP contribution >= 0.6 is 0 Å². The molecule has 0 spiro atoms. The zero-order valence-corrected chi connectivity index (χ0v) is 14.3. The standard InChI is InChI=1S/C17H16F2N2O3S/c1-25(23,24)15-4-2-3-14(10-15)21-8-7-20(17(21)22)11-12-5-6-13(18)9-16(12)19/h2-6,9-10H,7-8,11H2,1H3. The summed E-state index contributed by atoms with van der Waals surface area (Å²) >= 11 is 0. The third-order valence-corrected chi connectivity index (χ3v) is 5.14. The molecule has 2 amide bonds. The Morgan fingerprint density at radius 2 is 1.84 bits per heavy atom. The third-order valence-electron chi connectivity index (χ3n) is 4.03. The van der Waals surface area contributed by atoms with Crippen molar-refractivity contribution in [3.05, 3.63) is 59.7 Å². The molecule has 1 saturated heterocycles. The van der Waals surface area contributed by atoms with Crippen molar-refractivity contribution in [3.8, 4) is 0 Å². The number of halogens is 2. The molecular weight excluding hydrogens is 350 g/mol. The summed E-state index contributed by atoms with van der Waals surface area (Å²) in [5, 5.41) is 0. The molecule has 0 aliphatic carbocycles. The summed E-state index contributed by atoms with van der Waals surface area (Å²) in [6, 6.07) is 9.01. The normalized spacial score (nSPS) is 15.1. The zero-order valence-electron chi connectivity index (χ0n) is 13.4. The van der Waals surface area contributed by atoms with Crippen molar-refractivity contribution in [2.24, 2.45) is 0 Å². The molecule has 8 heteroatoms. The number of carbonyl (C=O) groups is 1. The molecule has 0 saturated carbocycles. The van der Waals surface area contributed by atoms with Crippen molar-refractivity contribution in [3.63, 3.8) is 0 Å². The third kappa shape index (κ3) is 3.63. The molecule has 0 radical (unpaired) electrons. The molecule has 3 rings (SSSR count). The van der Waals surface area contributed by atoms with Gasteiger partial charge >= 0.3 is 6.03 Å². The van der Waals surface area contributed by atoms with Gasteiger partial charge in [0, 0.05) is 36.7 Å². The van der Waals surface area contributed by atoms with E-state index in [1.807, 2.05) is 0 Å². The highest BCUT2D eigenvalue weighted by Gasteiger charge is 2.30. The van der Waals surface area contributed by atoms with E-state index in [-0.39, 0.29) is 23.0 Å². The quantitative estimate of drug-likeness (QED) is 0.836. The first kappa shape index (κ1) is 17.3. The average Bonchev–Trinajstić information content (AvgIpc) is 2.90. The summed E-state index contributed by atoms with van der Waals surface area (Å²) in [4.78, 5) is 15.6. The van der Waals surface area contributed by atoms with Gasteiger partial charge in [-0.05, 0) is 24.3 Å². The predicted molar refractivity (Wildman–Crippen MR) is 89.1 cm³/mol. The Labute approximate surface area is 144 Å². The van der Waals surface area contributed by atoms with Crippen molar-refractivity contribution < 1.29 is 22.0 Å². The van der Waals surface area contributed by atoms with Gasteiger partial charge in [0.25, 0.3) is 0 Å². The van der Waals surface area contributed by atoms with E-state index in [2.05, 4.69) is 0 Å². The molecular formula is C17H16F2N2O3S. The lowest BCUT2D eigenvalue weighted by atomic mass is 10.2. The van der Waals surface area contributed by atoms with E-state index < -0.39 is 21.5 Å². The highest BCUT2D eigenvalue weighted by atomic mass is 32.2. The van der Waals surface area contributed by atoms with Gasteiger partial charge in [0.1, 0.15) is 11.6 Å². The van der Waals surface area contributed by atoms with Crippen LogP contribution in [0.5, 0.6) is 0 Å². The van der Waals surface area contributed by atoms with Crippen LogP contribution in [0.1, 0.15) is 5.56 Å². The Morgan fingerprint density at radius 1 is 1.08 bits per heavy atom. The van der Waals surface area contributed by atoms with Crippen LogP contribution < -0.4 is 4.90 Å². The van der Waals surface area contributed by atoms with E-state index in [9.17, 15) is 22.0 Å². The Hall–Kier alpha value is -2.48. The monoisotopic (exact) mass is 366 g/mol. The number of hydrogen-bond acceptors (Lipinski definition) is 3. The molecule has 0 unspecified atom stereocenters. The lowest BCUT2D eigenvalue weighted by Crippen LogP contribution is -2.31. The molecule has 0 atom stereocenters. The van der Waals surface area contributed by atoms with Gasteiger partial charge < -0.3 is 4.90 Å². The second-order valence-corrected chi connectivity index (χ2v) is 7.88. The van der Waals surface area contributed by atoms with E-state index >= 15 is 0 Å². The minimum atomic E-state index is -3.38. The smallest absolute Gasteiger partial charge is 0.318 e. The van der Waals surface area contributed by atoms with Gasteiger partial charge in [0.15, 0.2) is 9.84 Å². The molecule has 1 aliphatic heterocycles. The van der Waals surface area contributed by atoms with E-state index in [0.29, 0.717) is 18.8 Å². The van der Waals surface area contributed by atoms with E-state index in [4.69, 9.17) is 0 Å². The molecule has 1 heterocycles. The van der Waals surface area contributed by atoms with E-state index in [0.717, 1.165) is 18.4 Å². The number of urea groups is 1. The van der Waals surface area contributed by atoms with Gasteiger partial charge in [-0.25, -0.2) is 22.0 Å². The van der Waals surface area contributed by atoms with Crippen LogP contribution in [0.15, 0.2) is 47.4 Å². The van der Waals surface area contributed by atoms with Gasteiger partial charge in [-0.3, -0.25) is 4.90 Å². The molecule has 2 aromatic rings. The minimum Gasteiger partial charge on any atom is -0.318 e. The number of hydrogen-bond donors (Lipinski definition) is 0. The lowest BCUT2D eigenvalue weighted by Gasteiger charge is -2.19. The van der Waals surface area contributed by atoms with E-state index in [1.165, 1.54) is 28.0 Å². The zero-order chi connectivity index (χ0) is 18.2. The second-order valence-electron chi connectivity index (χ2n) is 5.86. The maximum atomic E-state index is 13.8. The number of carbonyl (C=O) groups excluding carboxylic acids is 1. The summed E-state index contributed by atoms with van der Waals surface area (Å²) < 4.78 is 50.1. The fraction of sp³-hybridized carbons (Fsp3) is 0.235. The number of benzene rings is 2. The molecule has 0 N–H and O–H groups in total. The highest BCUT2D eigenvalue weighted by molar-refractivity contribution is 7.90. The highest BCUT2D eigenvalue weighted by Crippen LogP contribution is 2.25. The van der Waals surface area contributed by atoms with Crippen LogP contribution in [0.4, 0.5) is 19.3 Å². The second kappa shape index (κ2) is 6.44. The topological polar surface area (TPSA) is 57.7 Å². The number of amides is 2. The fourth-order valence-electron chi connectivity index (χ4n) is 2.71. The number of nitrogens with zero attached hydrogens (tertiary/aromatic N) is 2. The van der Waals surface area contributed by atoms with Gasteiger partial charge in [0.05, 0.1) is 11.4 Å². The Morgan fingerprint density at radius 3 is 2.52 bits per heavy atom. The average molecular weight is 366 g/mol. The molecule has 2 aromatic carbocycles. The first-order chi connectivity index (χ1) is 11.8. The Kier molecular flexibility index (Phi) is 4.47. The van der Waals surface area contributed by atoms with Crippen molar-refractivity contribution in [2.75, 3.05) is 24.2 Å². The molecule has 1 fully saturated rings. The van der Waals surface area contributed by atoms with Crippen LogP contribution in [-0.4, -0.2) is 38.7 Å². The van der Waals surface area contributed by atoms with Gasteiger partial charge in [-0.2, -0.15) is 0 Å². The predicted octanol–water partition coefficient (Wildman–Crippen LogP) is 2.81. The maximum Gasteiger partial charge on any atom is 0.324 e.